The number of phenolic OH excluding ortho intramolecular Hbond substituents is 1. The molecule has 0 amide bonds. The second-order valence-electron chi connectivity index (χ2n) is 2.35. The molecular formula is C8H8BrFO2. The molecule has 0 fully saturated rings. The minimum atomic E-state index is -0.690. The van der Waals surface area contributed by atoms with E-state index >= 15 is 0 Å². The second-order valence-corrected chi connectivity index (χ2v) is 3.20. The summed E-state index contributed by atoms with van der Waals surface area (Å²) >= 11 is 3.14. The molecule has 0 saturated heterocycles. The van der Waals surface area contributed by atoms with E-state index in [4.69, 9.17) is 4.74 Å². The third kappa shape index (κ3) is 1.39. The van der Waals surface area contributed by atoms with Crippen molar-refractivity contribution in [2.24, 2.45) is 0 Å². The predicted octanol–water partition coefficient (Wildman–Crippen LogP) is 2.61. The van der Waals surface area contributed by atoms with Crippen LogP contribution >= 0.6 is 15.9 Å². The van der Waals surface area contributed by atoms with Crippen molar-refractivity contribution in [2.45, 2.75) is 6.92 Å². The van der Waals surface area contributed by atoms with E-state index in [9.17, 15) is 9.50 Å². The van der Waals surface area contributed by atoms with Crippen LogP contribution in [0.1, 0.15) is 5.56 Å². The van der Waals surface area contributed by atoms with Gasteiger partial charge in [-0.15, -0.1) is 0 Å². The summed E-state index contributed by atoms with van der Waals surface area (Å²) in [6, 6.07) is 1.20. The Kier molecular flexibility index (Phi) is 2.57. The van der Waals surface area contributed by atoms with Gasteiger partial charge in [-0.05, 0) is 13.0 Å². The van der Waals surface area contributed by atoms with E-state index in [1.807, 2.05) is 0 Å². The number of rotatable bonds is 1. The van der Waals surface area contributed by atoms with Crippen molar-refractivity contribution in [1.82, 2.24) is 0 Å². The van der Waals surface area contributed by atoms with Gasteiger partial charge in [-0.2, -0.15) is 0 Å². The lowest BCUT2D eigenvalue weighted by atomic mass is 10.2. The normalized spacial score (nSPS) is 10.0. The fraction of sp³-hybridized carbons (Fsp3) is 0.250. The SMILES string of the molecule is COc1c(C)c(Br)cc(F)c1O. The first-order valence-corrected chi connectivity index (χ1v) is 4.08. The van der Waals surface area contributed by atoms with E-state index in [2.05, 4.69) is 15.9 Å². The van der Waals surface area contributed by atoms with Gasteiger partial charge in [0.25, 0.3) is 0 Å². The highest BCUT2D eigenvalue weighted by Crippen LogP contribution is 2.36. The molecule has 0 saturated carbocycles. The van der Waals surface area contributed by atoms with Gasteiger partial charge in [0.2, 0.25) is 0 Å². The molecule has 1 aromatic rings. The standard InChI is InChI=1S/C8H8BrFO2/c1-4-5(9)3-6(10)7(11)8(4)12-2/h3,11H,1-2H3. The summed E-state index contributed by atoms with van der Waals surface area (Å²) in [6.45, 7) is 1.72. The number of halogens is 2. The van der Waals surface area contributed by atoms with Crippen molar-refractivity contribution in [3.63, 3.8) is 0 Å². The van der Waals surface area contributed by atoms with Crippen LogP contribution in [0, 0.1) is 12.7 Å². The van der Waals surface area contributed by atoms with E-state index in [1.165, 1.54) is 13.2 Å². The van der Waals surface area contributed by atoms with Crippen molar-refractivity contribution >= 4 is 15.9 Å². The van der Waals surface area contributed by atoms with Gasteiger partial charge in [-0.25, -0.2) is 4.39 Å². The Labute approximate surface area is 78.1 Å². The molecule has 66 valence electrons. The highest BCUT2D eigenvalue weighted by atomic mass is 79.9. The Morgan fingerprint density at radius 1 is 1.58 bits per heavy atom. The Morgan fingerprint density at radius 3 is 2.67 bits per heavy atom. The molecule has 1 aromatic carbocycles. The third-order valence-electron chi connectivity index (χ3n) is 1.60. The van der Waals surface area contributed by atoms with Gasteiger partial charge in [-0.1, -0.05) is 15.9 Å². The number of aromatic hydroxyl groups is 1. The van der Waals surface area contributed by atoms with Crippen LogP contribution in [0.5, 0.6) is 11.5 Å². The minimum Gasteiger partial charge on any atom is -0.502 e. The van der Waals surface area contributed by atoms with E-state index in [0.29, 0.717) is 10.0 Å². The number of hydrogen-bond donors (Lipinski definition) is 1. The first-order chi connectivity index (χ1) is 5.57. The zero-order chi connectivity index (χ0) is 9.30. The molecule has 0 bridgehead atoms. The van der Waals surface area contributed by atoms with Crippen LogP contribution in [0.2, 0.25) is 0 Å². The topological polar surface area (TPSA) is 29.5 Å². The van der Waals surface area contributed by atoms with Gasteiger partial charge < -0.3 is 9.84 Å². The maximum Gasteiger partial charge on any atom is 0.194 e. The van der Waals surface area contributed by atoms with Crippen LogP contribution in [0.4, 0.5) is 4.39 Å². The van der Waals surface area contributed by atoms with Crippen molar-refractivity contribution in [2.75, 3.05) is 7.11 Å². The van der Waals surface area contributed by atoms with E-state index in [-0.39, 0.29) is 5.75 Å². The zero-order valence-corrected chi connectivity index (χ0v) is 8.27. The lowest BCUT2D eigenvalue weighted by Crippen LogP contribution is -1.91. The van der Waals surface area contributed by atoms with Crippen molar-refractivity contribution in [1.29, 1.82) is 0 Å². The Balaban J connectivity index is 3.42. The minimum absolute atomic E-state index is 0.168. The van der Waals surface area contributed by atoms with Crippen LogP contribution < -0.4 is 4.74 Å². The van der Waals surface area contributed by atoms with Gasteiger partial charge in [-0.3, -0.25) is 0 Å². The van der Waals surface area contributed by atoms with E-state index in [0.717, 1.165) is 0 Å². The predicted molar refractivity (Wildman–Crippen MR) is 47.1 cm³/mol. The number of hydrogen-bond acceptors (Lipinski definition) is 2. The molecule has 0 aromatic heterocycles. The molecule has 0 aliphatic rings. The molecule has 2 nitrogen and oxygen atoms in total. The average Bonchev–Trinajstić information content (AvgIpc) is 2.02. The van der Waals surface area contributed by atoms with Crippen molar-refractivity contribution in [3.05, 3.63) is 21.9 Å². The molecule has 12 heavy (non-hydrogen) atoms. The zero-order valence-electron chi connectivity index (χ0n) is 6.69. The lowest BCUT2D eigenvalue weighted by Gasteiger charge is -2.08. The van der Waals surface area contributed by atoms with Gasteiger partial charge in [0.05, 0.1) is 7.11 Å². The summed E-state index contributed by atoms with van der Waals surface area (Å²) in [5, 5.41) is 9.18. The molecule has 0 radical (unpaired) electrons. The smallest absolute Gasteiger partial charge is 0.194 e. The molecule has 0 atom stereocenters. The fourth-order valence-corrected chi connectivity index (χ4v) is 1.31. The Bertz CT molecular complexity index is 286. The largest absolute Gasteiger partial charge is 0.502 e. The van der Waals surface area contributed by atoms with Crippen LogP contribution in [-0.2, 0) is 0 Å². The lowest BCUT2D eigenvalue weighted by molar-refractivity contribution is 0.354. The van der Waals surface area contributed by atoms with E-state index in [1.54, 1.807) is 6.92 Å². The molecule has 0 unspecified atom stereocenters. The van der Waals surface area contributed by atoms with Gasteiger partial charge in [0.1, 0.15) is 0 Å². The first-order valence-electron chi connectivity index (χ1n) is 3.29. The molecule has 0 aliphatic carbocycles. The molecule has 0 spiro atoms. The number of ether oxygens (including phenoxy) is 1. The average molecular weight is 235 g/mol. The van der Waals surface area contributed by atoms with Crippen molar-refractivity contribution < 1.29 is 14.2 Å². The number of benzene rings is 1. The molecule has 4 heteroatoms. The number of methoxy groups -OCH3 is 1. The molecule has 1 rings (SSSR count). The summed E-state index contributed by atoms with van der Waals surface area (Å²) in [5.74, 6) is -0.968. The summed E-state index contributed by atoms with van der Waals surface area (Å²) < 4.78 is 18.2. The Morgan fingerprint density at radius 2 is 2.17 bits per heavy atom. The highest BCUT2D eigenvalue weighted by molar-refractivity contribution is 9.10. The second kappa shape index (κ2) is 3.31. The fourth-order valence-electron chi connectivity index (χ4n) is 0.932. The van der Waals surface area contributed by atoms with Gasteiger partial charge in [0, 0.05) is 10.0 Å². The summed E-state index contributed by atoms with van der Waals surface area (Å²) in [5.41, 5.74) is 0.677. The van der Waals surface area contributed by atoms with Crippen molar-refractivity contribution in [3.8, 4) is 11.5 Å². The molecule has 0 heterocycles. The Hall–Kier alpha value is -0.770. The van der Waals surface area contributed by atoms with Crippen LogP contribution in [0.3, 0.4) is 0 Å². The van der Waals surface area contributed by atoms with E-state index < -0.39 is 11.6 Å². The third-order valence-corrected chi connectivity index (χ3v) is 2.42. The quantitative estimate of drug-likeness (QED) is 0.810. The number of phenols is 1. The van der Waals surface area contributed by atoms with Crippen LogP contribution in [0.25, 0.3) is 0 Å². The maximum absolute atomic E-state index is 12.8. The summed E-state index contributed by atoms with van der Waals surface area (Å²) in [4.78, 5) is 0. The summed E-state index contributed by atoms with van der Waals surface area (Å²) in [6.07, 6.45) is 0. The van der Waals surface area contributed by atoms with Crippen LogP contribution in [-0.4, -0.2) is 12.2 Å². The molecular weight excluding hydrogens is 227 g/mol. The molecule has 0 aliphatic heterocycles. The highest BCUT2D eigenvalue weighted by Gasteiger charge is 2.13. The van der Waals surface area contributed by atoms with Gasteiger partial charge >= 0.3 is 0 Å². The van der Waals surface area contributed by atoms with Crippen LogP contribution in [0.15, 0.2) is 10.5 Å². The summed E-state index contributed by atoms with van der Waals surface area (Å²) in [7, 11) is 1.38. The maximum atomic E-state index is 12.8. The monoisotopic (exact) mass is 234 g/mol. The van der Waals surface area contributed by atoms with Gasteiger partial charge in [0.15, 0.2) is 17.3 Å². The first kappa shape index (κ1) is 9.32. The molecule has 1 N–H and O–H groups in total.